The lowest BCUT2D eigenvalue weighted by atomic mass is 9.84. The Labute approximate surface area is 129 Å². The Balaban J connectivity index is 4.20. The van der Waals surface area contributed by atoms with Crippen molar-refractivity contribution in [1.82, 2.24) is 5.32 Å². The number of aliphatic carboxylic acids is 1. The van der Waals surface area contributed by atoms with Crippen LogP contribution in [0.3, 0.4) is 0 Å². The van der Waals surface area contributed by atoms with Crippen LogP contribution in [-0.4, -0.2) is 23.5 Å². The molecule has 0 heterocycles. The number of nitrogens with one attached hydrogen (secondary N) is 1. The summed E-state index contributed by atoms with van der Waals surface area (Å²) >= 11 is 0. The molecule has 0 saturated heterocycles. The minimum absolute atomic E-state index is 0.0179. The molecular weight excluding hydrogens is 266 g/mol. The van der Waals surface area contributed by atoms with Crippen LogP contribution < -0.4 is 5.32 Å². The third-order valence-corrected chi connectivity index (χ3v) is 3.35. The monoisotopic (exact) mass is 299 g/mol. The molecule has 0 spiro atoms. The minimum Gasteiger partial charge on any atom is -0.481 e. The highest BCUT2D eigenvalue weighted by Gasteiger charge is 2.19. The van der Waals surface area contributed by atoms with Crippen molar-refractivity contribution in [2.24, 2.45) is 23.2 Å². The van der Waals surface area contributed by atoms with Crippen LogP contribution in [0.15, 0.2) is 0 Å². The van der Waals surface area contributed by atoms with Gasteiger partial charge in [-0.1, -0.05) is 41.5 Å². The Kier molecular flexibility index (Phi) is 8.60. The molecule has 0 radical (unpaired) electrons. The summed E-state index contributed by atoms with van der Waals surface area (Å²) in [6.07, 6.45) is 2.46. The molecular formula is C17H33NO3. The van der Waals surface area contributed by atoms with E-state index < -0.39 is 5.97 Å². The van der Waals surface area contributed by atoms with Gasteiger partial charge in [0.05, 0.1) is 0 Å². The summed E-state index contributed by atoms with van der Waals surface area (Å²) in [5, 5.41) is 11.8. The molecule has 0 aliphatic rings. The molecule has 2 unspecified atom stereocenters. The third-order valence-electron chi connectivity index (χ3n) is 3.35. The van der Waals surface area contributed by atoms with E-state index in [1.165, 1.54) is 0 Å². The fourth-order valence-electron chi connectivity index (χ4n) is 2.92. The van der Waals surface area contributed by atoms with Crippen molar-refractivity contribution >= 4 is 11.9 Å². The number of amides is 1. The van der Waals surface area contributed by atoms with Crippen LogP contribution >= 0.6 is 0 Å². The van der Waals surface area contributed by atoms with Crippen LogP contribution in [0.1, 0.15) is 67.2 Å². The third kappa shape index (κ3) is 12.4. The highest BCUT2D eigenvalue weighted by molar-refractivity contribution is 5.76. The van der Waals surface area contributed by atoms with Gasteiger partial charge in [-0.2, -0.15) is 0 Å². The van der Waals surface area contributed by atoms with Crippen molar-refractivity contribution in [3.05, 3.63) is 0 Å². The van der Waals surface area contributed by atoms with Crippen molar-refractivity contribution < 1.29 is 14.7 Å². The predicted molar refractivity (Wildman–Crippen MR) is 86.1 cm³/mol. The van der Waals surface area contributed by atoms with E-state index in [-0.39, 0.29) is 23.7 Å². The Bertz CT molecular complexity index is 331. The predicted octanol–water partition coefficient (Wildman–Crippen LogP) is 3.70. The second-order valence-electron chi connectivity index (χ2n) is 7.97. The molecule has 21 heavy (non-hydrogen) atoms. The molecule has 0 bridgehead atoms. The highest BCUT2D eigenvalue weighted by atomic mass is 16.4. The first-order valence-corrected chi connectivity index (χ1v) is 7.98. The normalized spacial score (nSPS) is 14.8. The minimum atomic E-state index is -0.795. The Morgan fingerprint density at radius 3 is 2.10 bits per heavy atom. The van der Waals surface area contributed by atoms with Crippen molar-refractivity contribution in [1.29, 1.82) is 0 Å². The summed E-state index contributed by atoms with van der Waals surface area (Å²) in [5.41, 5.74) is 0.225. The lowest BCUT2D eigenvalue weighted by molar-refractivity contribution is -0.138. The molecule has 2 N–H and O–H groups in total. The zero-order valence-corrected chi connectivity index (χ0v) is 14.5. The number of carbonyl (C=O) groups excluding carboxylic acids is 1. The maximum atomic E-state index is 12.0. The van der Waals surface area contributed by atoms with Gasteiger partial charge in [0.2, 0.25) is 5.91 Å². The number of carbonyl (C=O) groups is 2. The Hall–Kier alpha value is -1.06. The average Bonchev–Trinajstić information content (AvgIpc) is 2.21. The summed E-state index contributed by atoms with van der Waals surface area (Å²) in [6, 6.07) is 0. The molecule has 4 heteroatoms. The maximum Gasteiger partial charge on any atom is 0.303 e. The van der Waals surface area contributed by atoms with E-state index in [0.717, 1.165) is 12.8 Å². The zero-order valence-electron chi connectivity index (χ0n) is 14.5. The summed E-state index contributed by atoms with van der Waals surface area (Å²) in [6.45, 7) is 13.2. The number of hydrogen-bond acceptors (Lipinski definition) is 2. The molecule has 124 valence electrons. The molecule has 0 aromatic heterocycles. The van der Waals surface area contributed by atoms with E-state index in [1.54, 1.807) is 0 Å². The van der Waals surface area contributed by atoms with E-state index in [9.17, 15) is 9.59 Å². The van der Waals surface area contributed by atoms with Crippen molar-refractivity contribution in [3.8, 4) is 0 Å². The lowest BCUT2D eigenvalue weighted by Gasteiger charge is -2.23. The Morgan fingerprint density at radius 2 is 1.67 bits per heavy atom. The van der Waals surface area contributed by atoms with E-state index >= 15 is 0 Å². The molecule has 0 saturated carbocycles. The number of carboxylic acids is 1. The number of rotatable bonds is 9. The molecule has 2 atom stereocenters. The van der Waals surface area contributed by atoms with Crippen LogP contribution in [-0.2, 0) is 9.59 Å². The number of carboxylic acid groups (broad SMARTS) is 1. The molecule has 0 rings (SSSR count). The summed E-state index contributed by atoms with van der Waals surface area (Å²) < 4.78 is 0. The van der Waals surface area contributed by atoms with Crippen LogP contribution in [0.2, 0.25) is 0 Å². The van der Waals surface area contributed by atoms with Gasteiger partial charge in [-0.15, -0.1) is 0 Å². The topological polar surface area (TPSA) is 66.4 Å². The van der Waals surface area contributed by atoms with E-state index in [1.807, 2.05) is 0 Å². The summed E-state index contributed by atoms with van der Waals surface area (Å²) in [7, 11) is 0. The van der Waals surface area contributed by atoms with Gasteiger partial charge in [-0.05, 0) is 36.0 Å². The summed E-state index contributed by atoms with van der Waals surface area (Å²) in [5.74, 6) is 0.0327. The molecule has 0 aliphatic heterocycles. The van der Waals surface area contributed by atoms with Gasteiger partial charge < -0.3 is 10.4 Å². The lowest BCUT2D eigenvalue weighted by Crippen LogP contribution is -2.32. The SMILES string of the molecule is CC(C)CC(CNC(=O)CC(C)CC(C)(C)C)CC(=O)O. The van der Waals surface area contributed by atoms with Gasteiger partial charge in [0.15, 0.2) is 0 Å². The average molecular weight is 299 g/mol. The van der Waals surface area contributed by atoms with E-state index in [4.69, 9.17) is 5.11 Å². The quantitative estimate of drug-likeness (QED) is 0.682. The fourth-order valence-corrected chi connectivity index (χ4v) is 2.92. The van der Waals surface area contributed by atoms with Crippen molar-refractivity contribution in [2.75, 3.05) is 6.54 Å². The smallest absolute Gasteiger partial charge is 0.303 e. The van der Waals surface area contributed by atoms with Crippen LogP contribution in [0.5, 0.6) is 0 Å². The van der Waals surface area contributed by atoms with Gasteiger partial charge in [-0.3, -0.25) is 9.59 Å². The summed E-state index contributed by atoms with van der Waals surface area (Å²) in [4.78, 5) is 22.8. The molecule has 1 amide bonds. The molecule has 0 aliphatic carbocycles. The maximum absolute atomic E-state index is 12.0. The van der Waals surface area contributed by atoms with Gasteiger partial charge in [0.1, 0.15) is 0 Å². The van der Waals surface area contributed by atoms with Gasteiger partial charge >= 0.3 is 5.97 Å². The first kappa shape index (κ1) is 19.9. The second-order valence-corrected chi connectivity index (χ2v) is 7.97. The van der Waals surface area contributed by atoms with Crippen LogP contribution in [0.4, 0.5) is 0 Å². The first-order valence-electron chi connectivity index (χ1n) is 7.98. The van der Waals surface area contributed by atoms with Crippen LogP contribution in [0.25, 0.3) is 0 Å². The second kappa shape index (κ2) is 9.06. The van der Waals surface area contributed by atoms with Gasteiger partial charge in [0.25, 0.3) is 0 Å². The van der Waals surface area contributed by atoms with Gasteiger partial charge in [-0.25, -0.2) is 0 Å². The fraction of sp³-hybridized carbons (Fsp3) is 0.882. The van der Waals surface area contributed by atoms with Gasteiger partial charge in [0, 0.05) is 19.4 Å². The first-order chi connectivity index (χ1) is 9.49. The molecule has 0 fully saturated rings. The van der Waals surface area contributed by atoms with Crippen molar-refractivity contribution in [3.63, 3.8) is 0 Å². The van der Waals surface area contributed by atoms with Crippen LogP contribution in [0, 0.1) is 23.2 Å². The largest absolute Gasteiger partial charge is 0.481 e. The Morgan fingerprint density at radius 1 is 1.10 bits per heavy atom. The van der Waals surface area contributed by atoms with E-state index in [0.29, 0.717) is 24.8 Å². The molecule has 4 nitrogen and oxygen atoms in total. The molecule has 0 aromatic rings. The van der Waals surface area contributed by atoms with E-state index in [2.05, 4.69) is 46.9 Å². The zero-order chi connectivity index (χ0) is 16.6. The molecule has 0 aromatic carbocycles. The standard InChI is InChI=1S/C17H33NO3/c1-12(2)7-14(9-16(20)21)11-18-15(19)8-13(3)10-17(4,5)6/h12-14H,7-11H2,1-6H3,(H,18,19)(H,20,21). The highest BCUT2D eigenvalue weighted by Crippen LogP contribution is 2.25. The number of hydrogen-bond donors (Lipinski definition) is 2. The van der Waals surface area contributed by atoms with Crippen molar-refractivity contribution in [2.45, 2.75) is 67.2 Å².